The van der Waals surface area contributed by atoms with Crippen LogP contribution in [0.1, 0.15) is 24.5 Å². The van der Waals surface area contributed by atoms with Crippen molar-refractivity contribution >= 4 is 23.4 Å². The highest BCUT2D eigenvalue weighted by Crippen LogP contribution is 2.19. The number of nitrogens with two attached hydrogens (primary N) is 1. The van der Waals surface area contributed by atoms with E-state index in [9.17, 15) is 9.59 Å². The maximum absolute atomic E-state index is 12.5. The first kappa shape index (κ1) is 22.5. The minimum absolute atomic E-state index is 0.217. The SMILES string of the molecule is C[C@H](NC(=O)[C@H](N)CCc1ccccc1)C(=O)NCc1cc(Cl)ccc1-n1cncn1. The zero-order chi connectivity index (χ0) is 22.2. The number of aryl methyl sites for hydroxylation is 1. The molecule has 0 aliphatic heterocycles. The molecule has 0 fully saturated rings. The zero-order valence-corrected chi connectivity index (χ0v) is 17.9. The van der Waals surface area contributed by atoms with Gasteiger partial charge in [0.05, 0.1) is 11.7 Å². The van der Waals surface area contributed by atoms with Gasteiger partial charge in [-0.05, 0) is 49.1 Å². The van der Waals surface area contributed by atoms with Crippen molar-refractivity contribution in [3.63, 3.8) is 0 Å². The van der Waals surface area contributed by atoms with Crippen LogP contribution in [0.4, 0.5) is 0 Å². The van der Waals surface area contributed by atoms with Crippen molar-refractivity contribution in [3.8, 4) is 5.69 Å². The van der Waals surface area contributed by atoms with Crippen molar-refractivity contribution in [2.24, 2.45) is 5.73 Å². The van der Waals surface area contributed by atoms with Crippen LogP contribution in [-0.2, 0) is 22.6 Å². The van der Waals surface area contributed by atoms with Crippen LogP contribution in [0, 0.1) is 0 Å². The Morgan fingerprint density at radius 3 is 2.65 bits per heavy atom. The largest absolute Gasteiger partial charge is 0.350 e. The number of aromatic nitrogens is 3. The topological polar surface area (TPSA) is 115 Å². The quantitative estimate of drug-likeness (QED) is 0.470. The maximum atomic E-state index is 12.5. The summed E-state index contributed by atoms with van der Waals surface area (Å²) < 4.78 is 1.59. The molecule has 4 N–H and O–H groups in total. The smallest absolute Gasteiger partial charge is 0.242 e. The molecule has 1 heterocycles. The summed E-state index contributed by atoms with van der Waals surface area (Å²) in [6.07, 6.45) is 4.17. The molecule has 3 rings (SSSR count). The molecule has 0 bridgehead atoms. The number of carbonyl (C=O) groups excluding carboxylic acids is 2. The van der Waals surface area contributed by atoms with Gasteiger partial charge in [0, 0.05) is 11.6 Å². The van der Waals surface area contributed by atoms with E-state index < -0.39 is 12.1 Å². The van der Waals surface area contributed by atoms with Crippen LogP contribution in [0.3, 0.4) is 0 Å². The molecule has 2 aromatic carbocycles. The molecule has 0 radical (unpaired) electrons. The number of hydrogen-bond donors (Lipinski definition) is 3. The van der Waals surface area contributed by atoms with Gasteiger partial charge in [0.2, 0.25) is 11.8 Å². The number of nitrogens with zero attached hydrogens (tertiary/aromatic N) is 3. The van der Waals surface area contributed by atoms with E-state index in [0.717, 1.165) is 16.8 Å². The Labute approximate surface area is 185 Å². The maximum Gasteiger partial charge on any atom is 0.242 e. The molecule has 2 amide bonds. The Morgan fingerprint density at radius 2 is 1.94 bits per heavy atom. The highest BCUT2D eigenvalue weighted by atomic mass is 35.5. The predicted molar refractivity (Wildman–Crippen MR) is 119 cm³/mol. The lowest BCUT2D eigenvalue weighted by molar-refractivity contribution is -0.129. The zero-order valence-electron chi connectivity index (χ0n) is 17.2. The van der Waals surface area contributed by atoms with E-state index in [1.165, 1.54) is 6.33 Å². The van der Waals surface area contributed by atoms with E-state index in [1.54, 1.807) is 36.1 Å². The average molecular weight is 441 g/mol. The molecule has 2 atom stereocenters. The van der Waals surface area contributed by atoms with Crippen molar-refractivity contribution in [2.75, 3.05) is 0 Å². The third-order valence-corrected chi connectivity index (χ3v) is 5.07. The molecule has 0 unspecified atom stereocenters. The van der Waals surface area contributed by atoms with E-state index in [0.29, 0.717) is 17.9 Å². The van der Waals surface area contributed by atoms with Gasteiger partial charge < -0.3 is 16.4 Å². The van der Waals surface area contributed by atoms with Crippen molar-refractivity contribution < 1.29 is 9.59 Å². The molecule has 0 saturated heterocycles. The van der Waals surface area contributed by atoms with Crippen LogP contribution in [0.5, 0.6) is 0 Å². The van der Waals surface area contributed by atoms with Crippen molar-refractivity contribution in [2.45, 2.75) is 38.4 Å². The van der Waals surface area contributed by atoms with Gasteiger partial charge in [0.15, 0.2) is 0 Å². The highest BCUT2D eigenvalue weighted by molar-refractivity contribution is 6.30. The lowest BCUT2D eigenvalue weighted by atomic mass is 10.1. The summed E-state index contributed by atoms with van der Waals surface area (Å²) in [4.78, 5) is 28.8. The first-order valence-corrected chi connectivity index (χ1v) is 10.3. The summed E-state index contributed by atoms with van der Waals surface area (Å²) in [7, 11) is 0. The number of amides is 2. The average Bonchev–Trinajstić information content (AvgIpc) is 3.31. The molecule has 162 valence electrons. The molecular weight excluding hydrogens is 416 g/mol. The molecular formula is C22H25ClN6O2. The third-order valence-electron chi connectivity index (χ3n) is 4.84. The van der Waals surface area contributed by atoms with E-state index in [-0.39, 0.29) is 18.4 Å². The van der Waals surface area contributed by atoms with Gasteiger partial charge in [-0.2, -0.15) is 5.10 Å². The van der Waals surface area contributed by atoms with Crippen molar-refractivity contribution in [1.82, 2.24) is 25.4 Å². The Balaban J connectivity index is 1.51. The molecule has 3 aromatic rings. The Morgan fingerprint density at radius 1 is 1.16 bits per heavy atom. The number of rotatable bonds is 9. The van der Waals surface area contributed by atoms with Gasteiger partial charge >= 0.3 is 0 Å². The number of benzene rings is 2. The second-order valence-corrected chi connectivity index (χ2v) is 7.63. The van der Waals surface area contributed by atoms with Gasteiger partial charge in [-0.15, -0.1) is 0 Å². The normalized spacial score (nSPS) is 12.7. The molecule has 0 spiro atoms. The standard InChI is InChI=1S/C22H25ClN6O2/c1-15(28-22(31)19(24)9-7-16-5-3-2-4-6-16)21(30)26-12-17-11-18(23)8-10-20(17)29-14-25-13-27-29/h2-6,8,10-11,13-15,19H,7,9,12,24H2,1H3,(H,26,30)(H,28,31)/t15-,19+/m0/s1. The summed E-state index contributed by atoms with van der Waals surface area (Å²) in [5.74, 6) is -0.683. The Hall–Kier alpha value is -3.23. The lowest BCUT2D eigenvalue weighted by Gasteiger charge is -2.18. The molecule has 8 nitrogen and oxygen atoms in total. The van der Waals surface area contributed by atoms with Crippen LogP contribution in [0.15, 0.2) is 61.2 Å². The Bertz CT molecular complexity index is 1010. The van der Waals surface area contributed by atoms with Gasteiger partial charge in [0.1, 0.15) is 18.7 Å². The minimum atomic E-state index is -0.732. The predicted octanol–water partition coefficient (Wildman–Crippen LogP) is 2.00. The first-order valence-electron chi connectivity index (χ1n) is 9.95. The molecule has 31 heavy (non-hydrogen) atoms. The second kappa shape index (κ2) is 10.7. The summed E-state index contributed by atoms with van der Waals surface area (Å²) in [5.41, 5.74) is 8.63. The van der Waals surface area contributed by atoms with Gasteiger partial charge in [-0.1, -0.05) is 41.9 Å². The van der Waals surface area contributed by atoms with E-state index >= 15 is 0 Å². The van der Waals surface area contributed by atoms with E-state index in [2.05, 4.69) is 20.7 Å². The summed E-state index contributed by atoms with van der Waals surface area (Å²) in [6.45, 7) is 1.84. The van der Waals surface area contributed by atoms with Gasteiger partial charge in [-0.3, -0.25) is 9.59 Å². The summed E-state index contributed by atoms with van der Waals surface area (Å²) in [6, 6.07) is 13.7. The monoisotopic (exact) mass is 440 g/mol. The fourth-order valence-electron chi connectivity index (χ4n) is 3.07. The Kier molecular flexibility index (Phi) is 7.75. The first-order chi connectivity index (χ1) is 14.9. The number of halogens is 1. The molecule has 0 saturated carbocycles. The van der Waals surface area contributed by atoms with Gasteiger partial charge in [0.25, 0.3) is 0 Å². The molecule has 0 aliphatic carbocycles. The lowest BCUT2D eigenvalue weighted by Crippen LogP contribution is -2.50. The third kappa shape index (κ3) is 6.37. The van der Waals surface area contributed by atoms with Crippen LogP contribution in [-0.4, -0.2) is 38.7 Å². The number of carbonyl (C=O) groups is 2. The fraction of sp³-hybridized carbons (Fsp3) is 0.273. The fourth-order valence-corrected chi connectivity index (χ4v) is 3.27. The number of nitrogens with one attached hydrogen (secondary N) is 2. The molecule has 1 aromatic heterocycles. The van der Waals surface area contributed by atoms with Crippen LogP contribution in [0.25, 0.3) is 5.69 Å². The summed E-state index contributed by atoms with van der Waals surface area (Å²) in [5, 5.41) is 10.1. The highest BCUT2D eigenvalue weighted by Gasteiger charge is 2.20. The summed E-state index contributed by atoms with van der Waals surface area (Å²) >= 11 is 6.10. The minimum Gasteiger partial charge on any atom is -0.350 e. The molecule has 0 aliphatic rings. The van der Waals surface area contributed by atoms with E-state index in [1.807, 2.05) is 30.3 Å². The second-order valence-electron chi connectivity index (χ2n) is 7.19. The van der Waals surface area contributed by atoms with Crippen LogP contribution in [0.2, 0.25) is 5.02 Å². The van der Waals surface area contributed by atoms with E-state index in [4.69, 9.17) is 17.3 Å². The van der Waals surface area contributed by atoms with Crippen LogP contribution >= 0.6 is 11.6 Å². The van der Waals surface area contributed by atoms with Crippen LogP contribution < -0.4 is 16.4 Å². The van der Waals surface area contributed by atoms with Crippen molar-refractivity contribution in [3.05, 3.63) is 77.3 Å². The van der Waals surface area contributed by atoms with Gasteiger partial charge in [-0.25, -0.2) is 9.67 Å². The number of hydrogen-bond acceptors (Lipinski definition) is 5. The van der Waals surface area contributed by atoms with Crippen molar-refractivity contribution in [1.29, 1.82) is 0 Å². The molecule has 9 heteroatoms.